The number of aromatic nitrogens is 2. The molecule has 2 N–H and O–H groups in total. The predicted octanol–water partition coefficient (Wildman–Crippen LogP) is 3.17. The average Bonchev–Trinajstić information content (AvgIpc) is 2.95. The van der Waals surface area contributed by atoms with Crippen LogP contribution in [0, 0.1) is 5.82 Å². The van der Waals surface area contributed by atoms with Crippen LogP contribution >= 0.6 is 0 Å². The largest absolute Gasteiger partial charge is 0.396 e. The molecule has 7 nitrogen and oxygen atoms in total. The molecule has 0 bridgehead atoms. The van der Waals surface area contributed by atoms with E-state index >= 15 is 4.39 Å². The number of nitrogen functional groups attached to an aromatic ring is 1. The van der Waals surface area contributed by atoms with Crippen LogP contribution in [0.4, 0.5) is 21.6 Å². The lowest BCUT2D eigenvalue weighted by Crippen LogP contribution is -2.57. The van der Waals surface area contributed by atoms with Gasteiger partial charge in [0.25, 0.3) is 0 Å². The molecule has 3 aromatic rings. The van der Waals surface area contributed by atoms with Gasteiger partial charge in [-0.05, 0) is 39.1 Å². The Kier molecular flexibility index (Phi) is 4.24. The molecule has 1 spiro atoms. The summed E-state index contributed by atoms with van der Waals surface area (Å²) in [6.45, 7) is 1.74. The highest BCUT2D eigenvalue weighted by Crippen LogP contribution is 2.55. The Hall–Kier alpha value is -3.26. The van der Waals surface area contributed by atoms with Crippen LogP contribution in [0.3, 0.4) is 0 Å². The summed E-state index contributed by atoms with van der Waals surface area (Å²) in [6.07, 6.45) is 6.05. The van der Waals surface area contributed by atoms with Gasteiger partial charge in [-0.3, -0.25) is 9.78 Å². The molecular weight excluding hydrogens is 419 g/mol. The van der Waals surface area contributed by atoms with Crippen molar-refractivity contribution in [2.24, 2.45) is 0 Å². The quantitative estimate of drug-likeness (QED) is 0.666. The minimum atomic E-state index is -0.498. The SMILES string of the molecule is CN1C(=O)C2(CCC2)c2c1cnc1cc(F)c(-c3cnc(N4CC(N(C)C)C4)c(N)c3)cc21. The molecule has 1 saturated heterocycles. The standard InChI is InChI=1S/C25H27FN6O/c1-30(2)15-12-32(13-15)23-19(27)7-14(10-29-23)16-8-17-20(9-18(16)26)28-11-21-22(17)25(5-4-6-25)24(33)31(21)3/h7-11,15H,4-6,12-13,27H2,1-3H3. The van der Waals surface area contributed by atoms with E-state index in [9.17, 15) is 4.79 Å². The summed E-state index contributed by atoms with van der Waals surface area (Å²) < 4.78 is 15.2. The number of likely N-dealkylation sites (N-methyl/N-ethyl adjacent to an activating group) is 2. The Labute approximate surface area is 192 Å². The number of fused-ring (bicyclic) bond motifs is 4. The van der Waals surface area contributed by atoms with Crippen LogP contribution in [-0.4, -0.2) is 61.0 Å². The van der Waals surface area contributed by atoms with Gasteiger partial charge in [0.15, 0.2) is 5.82 Å². The molecule has 0 radical (unpaired) electrons. The second-order valence-corrected chi connectivity index (χ2v) is 9.83. The molecule has 2 aromatic heterocycles. The number of carbonyl (C=O) groups is 1. The summed E-state index contributed by atoms with van der Waals surface area (Å²) in [5.41, 5.74) is 9.81. The van der Waals surface area contributed by atoms with Gasteiger partial charge in [-0.1, -0.05) is 6.42 Å². The Morgan fingerprint density at radius 1 is 1.15 bits per heavy atom. The third-order valence-corrected chi connectivity index (χ3v) is 7.80. The van der Waals surface area contributed by atoms with Crippen LogP contribution in [0.5, 0.6) is 0 Å². The molecule has 6 rings (SSSR count). The van der Waals surface area contributed by atoms with Gasteiger partial charge in [0.05, 0.1) is 28.5 Å². The summed E-state index contributed by atoms with van der Waals surface area (Å²) in [5, 5.41) is 0.834. The molecule has 2 fully saturated rings. The summed E-state index contributed by atoms with van der Waals surface area (Å²) >= 11 is 0. The van der Waals surface area contributed by atoms with Crippen molar-refractivity contribution in [1.82, 2.24) is 14.9 Å². The monoisotopic (exact) mass is 446 g/mol. The van der Waals surface area contributed by atoms with E-state index in [0.717, 1.165) is 54.8 Å². The second kappa shape index (κ2) is 6.87. The van der Waals surface area contributed by atoms with Crippen molar-refractivity contribution < 1.29 is 9.18 Å². The molecule has 8 heteroatoms. The van der Waals surface area contributed by atoms with Crippen LogP contribution in [0.2, 0.25) is 0 Å². The van der Waals surface area contributed by atoms with Gasteiger partial charge < -0.3 is 20.4 Å². The molecular formula is C25H27FN6O. The van der Waals surface area contributed by atoms with Crippen LogP contribution in [0.1, 0.15) is 24.8 Å². The number of nitrogens with zero attached hydrogens (tertiary/aromatic N) is 5. The maximum Gasteiger partial charge on any atom is 0.237 e. The minimum absolute atomic E-state index is 0.116. The van der Waals surface area contributed by atoms with Crippen LogP contribution in [-0.2, 0) is 10.2 Å². The van der Waals surface area contributed by atoms with Crippen molar-refractivity contribution in [3.63, 3.8) is 0 Å². The van der Waals surface area contributed by atoms with Gasteiger partial charge in [0.2, 0.25) is 5.91 Å². The van der Waals surface area contributed by atoms with Crippen molar-refractivity contribution in [2.45, 2.75) is 30.7 Å². The lowest BCUT2D eigenvalue weighted by molar-refractivity contribution is -0.125. The zero-order valence-corrected chi connectivity index (χ0v) is 19.1. The van der Waals surface area contributed by atoms with Gasteiger partial charge in [-0.25, -0.2) is 9.37 Å². The lowest BCUT2D eigenvalue weighted by Gasteiger charge is -2.43. The first-order valence-electron chi connectivity index (χ1n) is 11.4. The molecule has 33 heavy (non-hydrogen) atoms. The van der Waals surface area contributed by atoms with Crippen molar-refractivity contribution in [1.29, 1.82) is 0 Å². The average molecular weight is 447 g/mol. The summed E-state index contributed by atoms with van der Waals surface area (Å²) in [4.78, 5) is 28.1. The van der Waals surface area contributed by atoms with Gasteiger partial charge in [0, 0.05) is 60.5 Å². The molecule has 1 aromatic carbocycles. The highest BCUT2D eigenvalue weighted by Gasteiger charge is 2.54. The van der Waals surface area contributed by atoms with Crippen molar-refractivity contribution >= 4 is 34.0 Å². The molecule has 1 aliphatic carbocycles. The number of hydrogen-bond acceptors (Lipinski definition) is 6. The van der Waals surface area contributed by atoms with E-state index in [4.69, 9.17) is 5.73 Å². The highest BCUT2D eigenvalue weighted by atomic mass is 19.1. The number of hydrogen-bond donors (Lipinski definition) is 1. The third-order valence-electron chi connectivity index (χ3n) is 7.80. The summed E-state index contributed by atoms with van der Waals surface area (Å²) in [7, 11) is 5.93. The molecule has 0 atom stereocenters. The second-order valence-electron chi connectivity index (χ2n) is 9.83. The van der Waals surface area contributed by atoms with Gasteiger partial charge in [-0.2, -0.15) is 0 Å². The van der Waals surface area contributed by atoms with Crippen molar-refractivity contribution in [2.75, 3.05) is 49.8 Å². The number of amides is 1. The summed E-state index contributed by atoms with van der Waals surface area (Å²) in [6, 6.07) is 5.56. The first kappa shape index (κ1) is 20.4. The number of carbonyl (C=O) groups excluding carboxylic acids is 1. The number of anilines is 3. The molecule has 1 amide bonds. The topological polar surface area (TPSA) is 78.6 Å². The zero-order valence-electron chi connectivity index (χ0n) is 19.1. The van der Waals surface area contributed by atoms with E-state index in [-0.39, 0.29) is 11.7 Å². The van der Waals surface area contributed by atoms with E-state index in [0.29, 0.717) is 28.4 Å². The first-order valence-corrected chi connectivity index (χ1v) is 11.4. The van der Waals surface area contributed by atoms with Crippen LogP contribution < -0.4 is 15.5 Å². The van der Waals surface area contributed by atoms with E-state index in [1.807, 2.05) is 6.07 Å². The number of pyridine rings is 2. The van der Waals surface area contributed by atoms with Crippen LogP contribution in [0.15, 0.2) is 30.6 Å². The van der Waals surface area contributed by atoms with E-state index in [2.05, 4.69) is 33.9 Å². The normalized spacial score (nSPS) is 19.4. The fourth-order valence-corrected chi connectivity index (χ4v) is 5.55. The minimum Gasteiger partial charge on any atom is -0.396 e. The van der Waals surface area contributed by atoms with Gasteiger partial charge >= 0.3 is 0 Å². The molecule has 170 valence electrons. The van der Waals surface area contributed by atoms with E-state index < -0.39 is 5.41 Å². The Morgan fingerprint density at radius 3 is 2.55 bits per heavy atom. The Balaban J connectivity index is 1.43. The fourth-order valence-electron chi connectivity index (χ4n) is 5.55. The molecule has 2 aliphatic heterocycles. The Morgan fingerprint density at radius 2 is 1.91 bits per heavy atom. The fraction of sp³-hybridized carbons (Fsp3) is 0.400. The van der Waals surface area contributed by atoms with Gasteiger partial charge in [-0.15, -0.1) is 0 Å². The zero-order chi connectivity index (χ0) is 23.1. The van der Waals surface area contributed by atoms with Crippen molar-refractivity contribution in [3.8, 4) is 11.1 Å². The lowest BCUT2D eigenvalue weighted by atomic mass is 9.64. The third kappa shape index (κ3) is 2.73. The number of nitrogens with two attached hydrogens (primary N) is 1. The maximum atomic E-state index is 15.2. The molecule has 1 saturated carbocycles. The van der Waals surface area contributed by atoms with E-state index in [1.165, 1.54) is 6.07 Å². The Bertz CT molecular complexity index is 1310. The predicted molar refractivity (Wildman–Crippen MR) is 128 cm³/mol. The van der Waals surface area contributed by atoms with Gasteiger partial charge in [0.1, 0.15) is 5.82 Å². The number of benzene rings is 1. The highest BCUT2D eigenvalue weighted by molar-refractivity contribution is 6.13. The van der Waals surface area contributed by atoms with E-state index in [1.54, 1.807) is 30.4 Å². The number of halogens is 1. The molecule has 4 heterocycles. The van der Waals surface area contributed by atoms with Crippen molar-refractivity contribution in [3.05, 3.63) is 42.0 Å². The molecule has 3 aliphatic rings. The number of rotatable bonds is 3. The van der Waals surface area contributed by atoms with Crippen LogP contribution in [0.25, 0.3) is 22.0 Å². The molecule has 0 unspecified atom stereocenters. The summed E-state index contributed by atoms with van der Waals surface area (Å²) in [5.74, 6) is 0.479. The maximum absolute atomic E-state index is 15.2. The smallest absolute Gasteiger partial charge is 0.237 e. The first-order chi connectivity index (χ1) is 15.8.